The Labute approximate surface area is 213 Å². The van der Waals surface area contributed by atoms with Crippen molar-refractivity contribution in [2.75, 3.05) is 40.0 Å². The van der Waals surface area contributed by atoms with Gasteiger partial charge in [0.15, 0.2) is 0 Å². The lowest BCUT2D eigenvalue weighted by Gasteiger charge is -2.40. The van der Waals surface area contributed by atoms with Crippen LogP contribution in [0.4, 0.5) is 4.79 Å². The minimum atomic E-state index is -0.818. The number of piperidine rings is 1. The van der Waals surface area contributed by atoms with E-state index in [4.69, 9.17) is 14.6 Å². The first kappa shape index (κ1) is 26.0. The molecule has 4 rings (SSSR count). The molecular weight excluding hydrogens is 458 g/mol. The van der Waals surface area contributed by atoms with E-state index in [1.54, 1.807) is 7.11 Å². The molecule has 1 atom stereocenters. The minimum absolute atomic E-state index is 0.00884. The second-order valence-corrected chi connectivity index (χ2v) is 9.58. The van der Waals surface area contributed by atoms with Crippen molar-refractivity contribution in [3.63, 3.8) is 0 Å². The number of rotatable bonds is 11. The smallest absolute Gasteiger partial charge is 0.325 e. The number of benzene rings is 2. The molecule has 0 saturated carbocycles. The molecule has 2 aliphatic heterocycles. The number of aliphatic hydroxyl groups excluding tert-OH is 1. The molecule has 36 heavy (non-hydrogen) atoms. The summed E-state index contributed by atoms with van der Waals surface area (Å²) in [5, 5.41) is 12.1. The van der Waals surface area contributed by atoms with E-state index in [9.17, 15) is 9.59 Å². The molecule has 0 radical (unpaired) electrons. The molecule has 2 saturated heterocycles. The van der Waals surface area contributed by atoms with Crippen LogP contribution in [0.25, 0.3) is 0 Å². The molecule has 2 heterocycles. The highest BCUT2D eigenvalue weighted by atomic mass is 16.5. The first-order chi connectivity index (χ1) is 17.5. The highest BCUT2D eigenvalue weighted by Crippen LogP contribution is 2.36. The molecule has 3 amide bonds. The zero-order valence-electron chi connectivity index (χ0n) is 21.2. The first-order valence-corrected chi connectivity index (χ1v) is 12.8. The standard InChI is InChI=1S/C28H37N3O5/c1-3-28(26(33)31(27(34)29-28)16-11-21-7-9-24(35-2)10-8-21)23-12-14-30(15-13-23)20-22-5-4-6-25(19-22)36-18-17-32/h4-10,19,23,32H,3,11-18,20H2,1-2H3,(H,29,34). The van der Waals surface area contributed by atoms with Gasteiger partial charge in [-0.05, 0) is 80.1 Å². The maximum absolute atomic E-state index is 13.6. The van der Waals surface area contributed by atoms with Crippen LogP contribution in [-0.4, -0.2) is 72.3 Å². The molecule has 194 valence electrons. The molecule has 0 aliphatic carbocycles. The SMILES string of the molecule is CCC1(C2CCN(Cc3cccc(OCCO)c3)CC2)NC(=O)N(CCc2ccc(OC)cc2)C1=O. The summed E-state index contributed by atoms with van der Waals surface area (Å²) in [7, 11) is 1.63. The van der Waals surface area contributed by atoms with E-state index < -0.39 is 5.54 Å². The van der Waals surface area contributed by atoms with Crippen molar-refractivity contribution >= 4 is 11.9 Å². The van der Waals surface area contributed by atoms with Gasteiger partial charge in [0.05, 0.1) is 13.7 Å². The highest BCUT2D eigenvalue weighted by Gasteiger charge is 2.54. The number of nitrogens with zero attached hydrogens (tertiary/aromatic N) is 2. The number of nitrogens with one attached hydrogen (secondary N) is 1. The fourth-order valence-electron chi connectivity index (χ4n) is 5.43. The Bertz CT molecular complexity index is 1040. The Morgan fingerprint density at radius 1 is 1.06 bits per heavy atom. The van der Waals surface area contributed by atoms with Gasteiger partial charge in [-0.15, -0.1) is 0 Å². The molecule has 2 aromatic rings. The van der Waals surface area contributed by atoms with Crippen LogP contribution in [0.15, 0.2) is 48.5 Å². The third kappa shape index (κ3) is 5.65. The summed E-state index contributed by atoms with van der Waals surface area (Å²) in [6, 6.07) is 15.4. The largest absolute Gasteiger partial charge is 0.497 e. The number of hydrogen-bond donors (Lipinski definition) is 2. The highest BCUT2D eigenvalue weighted by molar-refractivity contribution is 6.07. The summed E-state index contributed by atoms with van der Waals surface area (Å²) < 4.78 is 10.7. The number of urea groups is 1. The van der Waals surface area contributed by atoms with Crippen LogP contribution in [-0.2, 0) is 17.8 Å². The van der Waals surface area contributed by atoms with Gasteiger partial charge in [0.25, 0.3) is 5.91 Å². The van der Waals surface area contributed by atoms with Crippen LogP contribution < -0.4 is 14.8 Å². The van der Waals surface area contributed by atoms with Gasteiger partial charge in [-0.1, -0.05) is 31.2 Å². The van der Waals surface area contributed by atoms with Crippen molar-refractivity contribution in [3.05, 3.63) is 59.7 Å². The summed E-state index contributed by atoms with van der Waals surface area (Å²) in [6.45, 7) is 5.17. The summed E-state index contributed by atoms with van der Waals surface area (Å²) in [6.07, 6.45) is 2.91. The Hall–Kier alpha value is -3.10. The molecule has 2 N–H and O–H groups in total. The second-order valence-electron chi connectivity index (χ2n) is 9.58. The predicted molar refractivity (Wildman–Crippen MR) is 137 cm³/mol. The van der Waals surface area contributed by atoms with Gasteiger partial charge in [-0.2, -0.15) is 0 Å². The Kier molecular flexibility index (Phi) is 8.48. The molecule has 0 spiro atoms. The van der Waals surface area contributed by atoms with E-state index in [2.05, 4.69) is 16.3 Å². The number of carbonyl (C=O) groups is 2. The average molecular weight is 496 g/mol. The number of hydrogen-bond acceptors (Lipinski definition) is 6. The molecule has 2 aliphatic rings. The van der Waals surface area contributed by atoms with E-state index in [1.807, 2.05) is 49.4 Å². The van der Waals surface area contributed by atoms with Crippen molar-refractivity contribution in [2.24, 2.45) is 5.92 Å². The van der Waals surface area contributed by atoms with Gasteiger partial charge in [-0.3, -0.25) is 14.6 Å². The number of amides is 3. The predicted octanol–water partition coefficient (Wildman–Crippen LogP) is 3.22. The lowest BCUT2D eigenvalue weighted by Crippen LogP contribution is -2.55. The zero-order chi connectivity index (χ0) is 25.5. The molecule has 1 unspecified atom stereocenters. The van der Waals surface area contributed by atoms with E-state index in [1.165, 1.54) is 4.90 Å². The topological polar surface area (TPSA) is 91.3 Å². The van der Waals surface area contributed by atoms with Gasteiger partial charge in [-0.25, -0.2) is 4.79 Å². The maximum atomic E-state index is 13.6. The fourth-order valence-corrected chi connectivity index (χ4v) is 5.43. The van der Waals surface area contributed by atoms with Crippen molar-refractivity contribution in [2.45, 2.75) is 44.7 Å². The van der Waals surface area contributed by atoms with Crippen molar-refractivity contribution in [1.29, 1.82) is 0 Å². The van der Waals surface area contributed by atoms with E-state index in [0.717, 1.165) is 55.1 Å². The third-order valence-electron chi connectivity index (χ3n) is 7.49. The number of imide groups is 1. The fraction of sp³-hybridized carbons (Fsp3) is 0.500. The van der Waals surface area contributed by atoms with Crippen LogP contribution in [0.1, 0.15) is 37.3 Å². The van der Waals surface area contributed by atoms with Crippen LogP contribution in [0.2, 0.25) is 0 Å². The number of carbonyl (C=O) groups excluding carboxylic acids is 2. The molecule has 2 fully saturated rings. The summed E-state index contributed by atoms with van der Waals surface area (Å²) in [4.78, 5) is 30.2. The zero-order valence-corrected chi connectivity index (χ0v) is 21.2. The quantitative estimate of drug-likeness (QED) is 0.465. The molecule has 0 bridgehead atoms. The summed E-state index contributed by atoms with van der Waals surface area (Å²) in [5.41, 5.74) is 1.40. The van der Waals surface area contributed by atoms with Gasteiger partial charge in [0.2, 0.25) is 0 Å². The number of ether oxygens (including phenoxy) is 2. The summed E-state index contributed by atoms with van der Waals surface area (Å²) >= 11 is 0. The first-order valence-electron chi connectivity index (χ1n) is 12.8. The lowest BCUT2D eigenvalue weighted by molar-refractivity contribution is -0.134. The average Bonchev–Trinajstić information content (AvgIpc) is 3.16. The lowest BCUT2D eigenvalue weighted by atomic mass is 9.75. The van der Waals surface area contributed by atoms with E-state index >= 15 is 0 Å². The number of aliphatic hydroxyl groups is 1. The van der Waals surface area contributed by atoms with E-state index in [0.29, 0.717) is 19.4 Å². The molecule has 8 heteroatoms. The number of likely N-dealkylation sites (tertiary alicyclic amines) is 1. The van der Waals surface area contributed by atoms with E-state index in [-0.39, 0.29) is 31.1 Å². The maximum Gasteiger partial charge on any atom is 0.325 e. The van der Waals surface area contributed by atoms with Crippen molar-refractivity contribution < 1.29 is 24.2 Å². The minimum Gasteiger partial charge on any atom is -0.497 e. The van der Waals surface area contributed by atoms with Gasteiger partial charge in [0, 0.05) is 13.1 Å². The Balaban J connectivity index is 1.34. The molecule has 2 aromatic carbocycles. The molecule has 0 aromatic heterocycles. The summed E-state index contributed by atoms with van der Waals surface area (Å²) in [5.74, 6) is 1.57. The van der Waals surface area contributed by atoms with Crippen LogP contribution >= 0.6 is 0 Å². The molecular formula is C28H37N3O5. The third-order valence-corrected chi connectivity index (χ3v) is 7.49. The Morgan fingerprint density at radius 3 is 2.47 bits per heavy atom. The second kappa shape index (κ2) is 11.8. The van der Waals surface area contributed by atoms with Gasteiger partial charge < -0.3 is 19.9 Å². The van der Waals surface area contributed by atoms with Gasteiger partial charge >= 0.3 is 6.03 Å². The van der Waals surface area contributed by atoms with Crippen LogP contribution in [0.3, 0.4) is 0 Å². The van der Waals surface area contributed by atoms with Crippen molar-refractivity contribution in [1.82, 2.24) is 15.1 Å². The molecule has 8 nitrogen and oxygen atoms in total. The normalized spacial score (nSPS) is 21.0. The van der Waals surface area contributed by atoms with Gasteiger partial charge in [0.1, 0.15) is 23.6 Å². The Morgan fingerprint density at radius 2 is 1.81 bits per heavy atom. The van der Waals surface area contributed by atoms with Crippen LogP contribution in [0, 0.1) is 5.92 Å². The monoisotopic (exact) mass is 495 g/mol. The number of methoxy groups -OCH3 is 1. The van der Waals surface area contributed by atoms with Crippen LogP contribution in [0.5, 0.6) is 11.5 Å². The van der Waals surface area contributed by atoms with Crippen molar-refractivity contribution in [3.8, 4) is 11.5 Å².